The topological polar surface area (TPSA) is 39.6 Å². The summed E-state index contributed by atoms with van der Waals surface area (Å²) >= 11 is 0. The maximum Gasteiger partial charge on any atom is 0.149 e. The average molecular weight is 394 g/mol. The van der Waals surface area contributed by atoms with E-state index < -0.39 is 0 Å². The van der Waals surface area contributed by atoms with Gasteiger partial charge in [-0.05, 0) is 30.5 Å². The van der Waals surface area contributed by atoms with Gasteiger partial charge in [-0.2, -0.15) is 0 Å². The lowest BCUT2D eigenvalue weighted by atomic mass is 10.1. The van der Waals surface area contributed by atoms with Gasteiger partial charge in [-0.3, -0.25) is 9.80 Å². The summed E-state index contributed by atoms with van der Waals surface area (Å²) in [4.78, 5) is 9.42. The third-order valence-electron chi connectivity index (χ3n) is 5.80. The lowest BCUT2D eigenvalue weighted by molar-refractivity contribution is 0.0556. The van der Waals surface area contributed by atoms with Gasteiger partial charge in [0.25, 0.3) is 0 Å². The first-order valence-electron chi connectivity index (χ1n) is 10.4. The van der Waals surface area contributed by atoms with Crippen molar-refractivity contribution in [2.75, 3.05) is 32.8 Å². The second kappa shape index (κ2) is 9.44. The van der Waals surface area contributed by atoms with Crippen LogP contribution in [0.4, 0.5) is 4.39 Å². The number of aromatic nitrogens is 1. The summed E-state index contributed by atoms with van der Waals surface area (Å²) < 4.78 is 14.1. The molecule has 1 fully saturated rings. The Kier molecular flexibility index (Phi) is 6.49. The highest BCUT2D eigenvalue weighted by atomic mass is 19.1. The number of hydrogen-bond acceptors (Lipinski definition) is 4. The molecule has 1 saturated heterocycles. The molecule has 152 valence electrons. The first-order valence-corrected chi connectivity index (χ1v) is 10.4. The van der Waals surface area contributed by atoms with Gasteiger partial charge in [-0.25, -0.2) is 9.37 Å². The number of aliphatic hydroxyl groups is 1. The van der Waals surface area contributed by atoms with E-state index in [1.165, 1.54) is 11.6 Å². The summed E-state index contributed by atoms with van der Waals surface area (Å²) in [6.07, 6.45) is 1.79. The van der Waals surface area contributed by atoms with E-state index in [1.807, 2.05) is 24.3 Å². The SMILES string of the molecule is OCC[C@H]1CN(Cc2ccc3cccc(F)c3n2)CCN1CCc1ccccc1. The molecule has 29 heavy (non-hydrogen) atoms. The van der Waals surface area contributed by atoms with Crippen molar-refractivity contribution in [1.82, 2.24) is 14.8 Å². The van der Waals surface area contributed by atoms with E-state index in [4.69, 9.17) is 0 Å². The third kappa shape index (κ3) is 4.99. The highest BCUT2D eigenvalue weighted by molar-refractivity contribution is 5.79. The third-order valence-corrected chi connectivity index (χ3v) is 5.80. The summed E-state index contributed by atoms with van der Waals surface area (Å²) in [5, 5.41) is 10.4. The molecular weight excluding hydrogens is 365 g/mol. The quantitative estimate of drug-likeness (QED) is 0.667. The summed E-state index contributed by atoms with van der Waals surface area (Å²) in [6.45, 7) is 4.72. The van der Waals surface area contributed by atoms with Crippen LogP contribution in [-0.2, 0) is 13.0 Å². The monoisotopic (exact) mass is 393 g/mol. The summed E-state index contributed by atoms with van der Waals surface area (Å²) in [5.41, 5.74) is 2.68. The van der Waals surface area contributed by atoms with Crippen molar-refractivity contribution in [2.24, 2.45) is 0 Å². The Hall–Kier alpha value is -2.34. The van der Waals surface area contributed by atoms with Gasteiger partial charge in [0.2, 0.25) is 0 Å². The second-order valence-corrected chi connectivity index (χ2v) is 7.79. The molecule has 0 unspecified atom stereocenters. The van der Waals surface area contributed by atoms with Crippen LogP contribution in [0.2, 0.25) is 0 Å². The molecule has 0 radical (unpaired) electrons. The molecular formula is C24H28FN3O. The molecule has 5 heteroatoms. The van der Waals surface area contributed by atoms with Gasteiger partial charge in [0, 0.05) is 50.8 Å². The Morgan fingerprint density at radius 1 is 1.00 bits per heavy atom. The fourth-order valence-corrected chi connectivity index (χ4v) is 4.20. The molecule has 1 aliphatic heterocycles. The van der Waals surface area contributed by atoms with Gasteiger partial charge in [0.1, 0.15) is 11.3 Å². The van der Waals surface area contributed by atoms with Crippen LogP contribution < -0.4 is 0 Å². The van der Waals surface area contributed by atoms with Crippen LogP contribution in [0.5, 0.6) is 0 Å². The van der Waals surface area contributed by atoms with E-state index in [-0.39, 0.29) is 12.4 Å². The lowest BCUT2D eigenvalue weighted by Gasteiger charge is -2.41. The van der Waals surface area contributed by atoms with Crippen LogP contribution in [0.15, 0.2) is 60.7 Å². The van der Waals surface area contributed by atoms with E-state index in [1.54, 1.807) is 6.07 Å². The first-order chi connectivity index (χ1) is 14.2. The number of aliphatic hydroxyl groups excluding tert-OH is 1. The van der Waals surface area contributed by atoms with Crippen LogP contribution >= 0.6 is 0 Å². The molecule has 0 bridgehead atoms. The van der Waals surface area contributed by atoms with Crippen molar-refractivity contribution in [3.05, 3.63) is 77.7 Å². The summed E-state index contributed by atoms with van der Waals surface area (Å²) in [5.74, 6) is -0.270. The Morgan fingerprint density at radius 3 is 2.69 bits per heavy atom. The Labute approximate surface area is 171 Å². The lowest BCUT2D eigenvalue weighted by Crippen LogP contribution is -2.53. The minimum Gasteiger partial charge on any atom is -0.396 e. The number of benzene rings is 2. The maximum atomic E-state index is 14.1. The fourth-order valence-electron chi connectivity index (χ4n) is 4.20. The van der Waals surface area contributed by atoms with Gasteiger partial charge in [0.15, 0.2) is 0 Å². The number of nitrogens with zero attached hydrogens (tertiary/aromatic N) is 3. The van der Waals surface area contributed by atoms with Crippen molar-refractivity contribution in [3.63, 3.8) is 0 Å². The molecule has 1 aromatic heterocycles. The molecule has 4 nitrogen and oxygen atoms in total. The number of fused-ring (bicyclic) bond motifs is 1. The zero-order valence-electron chi connectivity index (χ0n) is 16.7. The summed E-state index contributed by atoms with van der Waals surface area (Å²) in [7, 11) is 0. The number of pyridine rings is 1. The van der Waals surface area contributed by atoms with Crippen LogP contribution in [-0.4, -0.2) is 58.7 Å². The van der Waals surface area contributed by atoms with E-state index in [9.17, 15) is 9.50 Å². The highest BCUT2D eigenvalue weighted by Gasteiger charge is 2.26. The predicted molar refractivity (Wildman–Crippen MR) is 114 cm³/mol. The molecule has 2 heterocycles. The smallest absolute Gasteiger partial charge is 0.149 e. The molecule has 2 aromatic carbocycles. The van der Waals surface area contributed by atoms with Crippen molar-refractivity contribution in [1.29, 1.82) is 0 Å². The van der Waals surface area contributed by atoms with E-state index in [0.29, 0.717) is 18.1 Å². The minimum absolute atomic E-state index is 0.194. The molecule has 3 aromatic rings. The van der Waals surface area contributed by atoms with Crippen LogP contribution in [0, 0.1) is 5.82 Å². The molecule has 0 spiro atoms. The van der Waals surface area contributed by atoms with Gasteiger partial charge >= 0.3 is 0 Å². The number of halogens is 1. The Morgan fingerprint density at radius 2 is 1.86 bits per heavy atom. The fraction of sp³-hybridized carbons (Fsp3) is 0.375. The Balaban J connectivity index is 1.39. The average Bonchev–Trinajstić information content (AvgIpc) is 2.75. The van der Waals surface area contributed by atoms with Crippen molar-refractivity contribution < 1.29 is 9.50 Å². The first kappa shape index (κ1) is 20.0. The van der Waals surface area contributed by atoms with Crippen LogP contribution in [0.25, 0.3) is 10.9 Å². The van der Waals surface area contributed by atoms with Gasteiger partial charge < -0.3 is 5.11 Å². The highest BCUT2D eigenvalue weighted by Crippen LogP contribution is 2.19. The number of piperazine rings is 1. The standard InChI is InChI=1S/C24H28FN3O/c25-23-8-4-7-20-9-10-21(26-24(20)23)17-27-14-15-28(22(18-27)12-16-29)13-11-19-5-2-1-3-6-19/h1-10,22,29H,11-18H2/t22-/m0/s1. The number of para-hydroxylation sites is 1. The minimum atomic E-state index is -0.270. The van der Waals surface area contributed by atoms with Crippen molar-refractivity contribution in [2.45, 2.75) is 25.4 Å². The second-order valence-electron chi connectivity index (χ2n) is 7.79. The maximum absolute atomic E-state index is 14.1. The molecule has 4 rings (SSSR count). The van der Waals surface area contributed by atoms with Crippen molar-refractivity contribution >= 4 is 10.9 Å². The number of rotatable bonds is 7. The molecule has 0 saturated carbocycles. The van der Waals surface area contributed by atoms with Gasteiger partial charge in [0.05, 0.1) is 5.69 Å². The predicted octanol–water partition coefficient (Wildman–Crippen LogP) is 3.49. The zero-order chi connectivity index (χ0) is 20.1. The van der Waals surface area contributed by atoms with E-state index >= 15 is 0 Å². The number of hydrogen-bond donors (Lipinski definition) is 1. The van der Waals surface area contributed by atoms with Gasteiger partial charge in [-0.15, -0.1) is 0 Å². The van der Waals surface area contributed by atoms with Gasteiger partial charge in [-0.1, -0.05) is 48.5 Å². The summed E-state index contributed by atoms with van der Waals surface area (Å²) in [6, 6.07) is 19.9. The van der Waals surface area contributed by atoms with E-state index in [0.717, 1.165) is 50.1 Å². The molecule has 0 amide bonds. The molecule has 0 aliphatic carbocycles. The normalized spacial score (nSPS) is 18.3. The molecule has 1 aliphatic rings. The largest absolute Gasteiger partial charge is 0.396 e. The molecule has 1 N–H and O–H groups in total. The Bertz CT molecular complexity index is 934. The molecule has 1 atom stereocenters. The zero-order valence-corrected chi connectivity index (χ0v) is 16.7. The van der Waals surface area contributed by atoms with Crippen LogP contribution in [0.1, 0.15) is 17.7 Å². The van der Waals surface area contributed by atoms with Crippen LogP contribution in [0.3, 0.4) is 0 Å². The van der Waals surface area contributed by atoms with Crippen molar-refractivity contribution in [3.8, 4) is 0 Å². The van der Waals surface area contributed by atoms with E-state index in [2.05, 4.69) is 39.0 Å².